The number of carbonyl (C=O) groups is 1. The molecule has 0 aliphatic rings. The lowest BCUT2D eigenvalue weighted by atomic mass is 10.1. The topological polar surface area (TPSA) is 55.1 Å². The number of nitrogens with zero attached hydrogens (tertiary/aromatic N) is 2. The van der Waals surface area contributed by atoms with Crippen LogP contribution in [0.1, 0.15) is 24.2 Å². The van der Waals surface area contributed by atoms with Crippen molar-refractivity contribution in [3.05, 3.63) is 47.5 Å². The molecule has 1 heterocycles. The lowest BCUT2D eigenvalue weighted by Crippen LogP contribution is -2.10. The first kappa shape index (κ1) is 14.6. The molecule has 106 valence electrons. The number of benzene rings is 1. The van der Waals surface area contributed by atoms with Crippen molar-refractivity contribution in [2.75, 3.05) is 5.75 Å². The van der Waals surface area contributed by atoms with E-state index in [2.05, 4.69) is 4.98 Å². The molecule has 0 aliphatic heterocycles. The van der Waals surface area contributed by atoms with Gasteiger partial charge in [-0.05, 0) is 19.9 Å². The predicted octanol–water partition coefficient (Wildman–Crippen LogP) is 3.12. The standard InChI is InChI=1S/C14H15FN2O2S/c1-9-7-17(14(16-9)20-8-13(18)19)10(2)11-5-3-4-6-12(11)15/h3-7,10H,8H2,1-2H3,(H,18,19). The van der Waals surface area contributed by atoms with Crippen molar-refractivity contribution in [2.24, 2.45) is 0 Å². The minimum Gasteiger partial charge on any atom is -0.481 e. The fourth-order valence-corrected chi connectivity index (χ4v) is 2.79. The Morgan fingerprint density at radius 2 is 2.20 bits per heavy atom. The van der Waals surface area contributed by atoms with E-state index in [0.29, 0.717) is 10.7 Å². The van der Waals surface area contributed by atoms with Crippen LogP contribution in [0.5, 0.6) is 0 Å². The van der Waals surface area contributed by atoms with E-state index in [4.69, 9.17) is 5.11 Å². The summed E-state index contributed by atoms with van der Waals surface area (Å²) in [7, 11) is 0. The first-order valence-electron chi connectivity index (χ1n) is 6.13. The SMILES string of the molecule is Cc1cn(C(C)c2ccccc2F)c(SCC(=O)O)n1. The van der Waals surface area contributed by atoms with Gasteiger partial charge < -0.3 is 9.67 Å². The Hall–Kier alpha value is -1.82. The van der Waals surface area contributed by atoms with Crippen molar-refractivity contribution in [1.82, 2.24) is 9.55 Å². The van der Waals surface area contributed by atoms with Crippen LogP contribution in [0.4, 0.5) is 4.39 Å². The van der Waals surface area contributed by atoms with E-state index in [0.717, 1.165) is 17.5 Å². The first-order valence-corrected chi connectivity index (χ1v) is 7.12. The molecule has 0 saturated heterocycles. The third kappa shape index (κ3) is 3.19. The summed E-state index contributed by atoms with van der Waals surface area (Å²) in [6.45, 7) is 3.69. The molecule has 1 atom stereocenters. The summed E-state index contributed by atoms with van der Waals surface area (Å²) in [6.07, 6.45) is 1.81. The Bertz CT molecular complexity index is 627. The Balaban J connectivity index is 2.32. The zero-order chi connectivity index (χ0) is 14.7. The molecule has 1 aromatic heterocycles. The van der Waals surface area contributed by atoms with Crippen LogP contribution in [0.2, 0.25) is 0 Å². The highest BCUT2D eigenvalue weighted by Crippen LogP contribution is 2.27. The molecule has 1 aromatic carbocycles. The summed E-state index contributed by atoms with van der Waals surface area (Å²) in [4.78, 5) is 15.0. The quantitative estimate of drug-likeness (QED) is 0.861. The van der Waals surface area contributed by atoms with Gasteiger partial charge in [-0.3, -0.25) is 4.79 Å². The molecule has 0 fully saturated rings. The molecule has 1 N–H and O–H groups in total. The molecular weight excluding hydrogens is 279 g/mol. The minimum absolute atomic E-state index is 0.0690. The van der Waals surface area contributed by atoms with Gasteiger partial charge in [0, 0.05) is 11.8 Å². The van der Waals surface area contributed by atoms with Crippen LogP contribution < -0.4 is 0 Å². The molecule has 0 bridgehead atoms. The molecule has 0 spiro atoms. The van der Waals surface area contributed by atoms with Gasteiger partial charge in [0.25, 0.3) is 0 Å². The van der Waals surface area contributed by atoms with Gasteiger partial charge in [0.1, 0.15) is 5.82 Å². The smallest absolute Gasteiger partial charge is 0.313 e. The van der Waals surface area contributed by atoms with Crippen LogP contribution in [-0.4, -0.2) is 26.4 Å². The third-order valence-electron chi connectivity index (χ3n) is 2.92. The summed E-state index contributed by atoms with van der Waals surface area (Å²) < 4.78 is 15.7. The van der Waals surface area contributed by atoms with Crippen molar-refractivity contribution in [2.45, 2.75) is 25.0 Å². The fourth-order valence-electron chi connectivity index (χ4n) is 1.97. The number of halogens is 1. The number of aliphatic carboxylic acids is 1. The Morgan fingerprint density at radius 3 is 2.85 bits per heavy atom. The summed E-state index contributed by atoms with van der Waals surface area (Å²) in [5, 5.41) is 9.34. The number of hydrogen-bond donors (Lipinski definition) is 1. The average Bonchev–Trinajstić information content (AvgIpc) is 2.77. The minimum atomic E-state index is -0.902. The number of rotatable bonds is 5. The van der Waals surface area contributed by atoms with Gasteiger partial charge in [-0.15, -0.1) is 0 Å². The highest BCUT2D eigenvalue weighted by atomic mass is 32.2. The summed E-state index contributed by atoms with van der Waals surface area (Å²) in [6, 6.07) is 6.32. The normalized spacial score (nSPS) is 12.3. The summed E-state index contributed by atoms with van der Waals surface area (Å²) in [5.74, 6) is -1.25. The highest BCUT2D eigenvalue weighted by Gasteiger charge is 2.17. The van der Waals surface area contributed by atoms with Gasteiger partial charge in [0.2, 0.25) is 0 Å². The number of hydrogen-bond acceptors (Lipinski definition) is 3. The number of imidazole rings is 1. The number of aryl methyl sites for hydroxylation is 1. The van der Waals surface area contributed by atoms with Gasteiger partial charge in [-0.25, -0.2) is 9.37 Å². The van der Waals surface area contributed by atoms with Crippen molar-refractivity contribution >= 4 is 17.7 Å². The van der Waals surface area contributed by atoms with Crippen molar-refractivity contribution in [1.29, 1.82) is 0 Å². The number of carboxylic acid groups (broad SMARTS) is 1. The largest absolute Gasteiger partial charge is 0.481 e. The monoisotopic (exact) mass is 294 g/mol. The molecule has 1 unspecified atom stereocenters. The maximum absolute atomic E-state index is 13.8. The number of carboxylic acids is 1. The molecule has 2 aromatic rings. The lowest BCUT2D eigenvalue weighted by Gasteiger charge is -2.16. The van der Waals surface area contributed by atoms with Crippen molar-refractivity contribution in [3.8, 4) is 0 Å². The maximum atomic E-state index is 13.8. The Kier molecular flexibility index (Phi) is 4.44. The molecule has 0 amide bonds. The van der Waals surface area contributed by atoms with Crippen molar-refractivity contribution in [3.63, 3.8) is 0 Å². The van der Waals surface area contributed by atoms with Gasteiger partial charge in [-0.2, -0.15) is 0 Å². The molecular formula is C14H15FN2O2S. The second kappa shape index (κ2) is 6.09. The molecule has 0 aliphatic carbocycles. The van der Waals surface area contributed by atoms with Crippen LogP contribution >= 0.6 is 11.8 Å². The molecule has 20 heavy (non-hydrogen) atoms. The zero-order valence-electron chi connectivity index (χ0n) is 11.2. The second-order valence-electron chi connectivity index (χ2n) is 4.45. The third-order valence-corrected chi connectivity index (χ3v) is 3.87. The van der Waals surface area contributed by atoms with Crippen LogP contribution in [0, 0.1) is 12.7 Å². The van der Waals surface area contributed by atoms with E-state index in [9.17, 15) is 9.18 Å². The Labute approximate surface area is 120 Å². The molecule has 2 rings (SSSR count). The van der Waals surface area contributed by atoms with Crippen LogP contribution in [0.15, 0.2) is 35.6 Å². The molecule has 0 radical (unpaired) electrons. The number of aromatic nitrogens is 2. The van der Waals surface area contributed by atoms with E-state index in [-0.39, 0.29) is 17.6 Å². The maximum Gasteiger partial charge on any atom is 0.313 e. The lowest BCUT2D eigenvalue weighted by molar-refractivity contribution is -0.133. The zero-order valence-corrected chi connectivity index (χ0v) is 12.0. The Morgan fingerprint density at radius 1 is 1.50 bits per heavy atom. The molecule has 6 heteroatoms. The first-order chi connectivity index (χ1) is 9.49. The van der Waals surface area contributed by atoms with Gasteiger partial charge in [0.15, 0.2) is 5.16 Å². The van der Waals surface area contributed by atoms with E-state index < -0.39 is 5.97 Å². The summed E-state index contributed by atoms with van der Waals surface area (Å²) in [5.41, 5.74) is 1.34. The number of thioether (sulfide) groups is 1. The van der Waals surface area contributed by atoms with Gasteiger partial charge >= 0.3 is 5.97 Å². The van der Waals surface area contributed by atoms with Crippen LogP contribution in [0.25, 0.3) is 0 Å². The van der Waals surface area contributed by atoms with Gasteiger partial charge in [-0.1, -0.05) is 30.0 Å². The fraction of sp³-hybridized carbons (Fsp3) is 0.286. The summed E-state index contributed by atoms with van der Waals surface area (Å²) >= 11 is 1.13. The van der Waals surface area contributed by atoms with Crippen molar-refractivity contribution < 1.29 is 14.3 Å². The molecule has 0 saturated carbocycles. The van der Waals surface area contributed by atoms with Gasteiger partial charge in [0.05, 0.1) is 17.5 Å². The van der Waals surface area contributed by atoms with E-state index in [1.165, 1.54) is 6.07 Å². The van der Waals surface area contributed by atoms with E-state index >= 15 is 0 Å². The van der Waals surface area contributed by atoms with E-state index in [1.807, 2.05) is 13.8 Å². The predicted molar refractivity (Wildman–Crippen MR) is 75.5 cm³/mol. The van der Waals surface area contributed by atoms with Crippen LogP contribution in [0.3, 0.4) is 0 Å². The second-order valence-corrected chi connectivity index (χ2v) is 5.39. The average molecular weight is 294 g/mol. The molecule has 4 nitrogen and oxygen atoms in total. The highest BCUT2D eigenvalue weighted by molar-refractivity contribution is 7.99. The van der Waals surface area contributed by atoms with E-state index in [1.54, 1.807) is 29.0 Å². The van der Waals surface area contributed by atoms with Crippen LogP contribution in [-0.2, 0) is 4.79 Å².